The average molecular weight is 318 g/mol. The highest BCUT2D eigenvalue weighted by Crippen LogP contribution is 2.15. The van der Waals surface area contributed by atoms with Crippen molar-refractivity contribution in [2.24, 2.45) is 0 Å². The molecule has 114 valence electrons. The van der Waals surface area contributed by atoms with Gasteiger partial charge in [-0.3, -0.25) is 4.79 Å². The highest BCUT2D eigenvalue weighted by molar-refractivity contribution is 6.30. The van der Waals surface area contributed by atoms with Crippen molar-refractivity contribution in [3.63, 3.8) is 0 Å². The molecule has 2 rings (SSSR count). The minimum atomic E-state index is -0.560. The molecular weight excluding hydrogens is 302 g/mol. The number of nitrogens with one attached hydrogen (secondary N) is 1. The van der Waals surface area contributed by atoms with Crippen LogP contribution in [-0.2, 0) is 16.0 Å². The number of para-hydroxylation sites is 1. The average Bonchev–Trinajstić information content (AvgIpc) is 2.54. The van der Waals surface area contributed by atoms with Crippen LogP contribution < -0.4 is 5.32 Å². The van der Waals surface area contributed by atoms with E-state index in [1.165, 1.54) is 0 Å². The molecule has 0 heterocycles. The Labute approximate surface area is 134 Å². The number of ether oxygens (including phenoxy) is 1. The number of benzene rings is 2. The number of rotatable bonds is 5. The van der Waals surface area contributed by atoms with Crippen molar-refractivity contribution in [2.75, 3.05) is 11.9 Å². The van der Waals surface area contributed by atoms with E-state index < -0.39 is 5.97 Å². The molecule has 0 bridgehead atoms. The van der Waals surface area contributed by atoms with Gasteiger partial charge in [0.15, 0.2) is 6.61 Å². The smallest absolute Gasteiger partial charge is 0.338 e. The van der Waals surface area contributed by atoms with E-state index in [-0.39, 0.29) is 12.5 Å². The summed E-state index contributed by atoms with van der Waals surface area (Å²) in [5.41, 5.74) is 2.11. The Morgan fingerprint density at radius 1 is 1.09 bits per heavy atom. The van der Waals surface area contributed by atoms with Gasteiger partial charge in [-0.2, -0.15) is 0 Å². The lowest BCUT2D eigenvalue weighted by atomic mass is 10.1. The van der Waals surface area contributed by atoms with Gasteiger partial charge in [-0.1, -0.05) is 36.7 Å². The van der Waals surface area contributed by atoms with Gasteiger partial charge in [-0.15, -0.1) is 0 Å². The van der Waals surface area contributed by atoms with Crippen LogP contribution in [0.3, 0.4) is 0 Å². The fourth-order valence-corrected chi connectivity index (χ4v) is 2.06. The molecule has 0 aliphatic carbocycles. The molecule has 22 heavy (non-hydrogen) atoms. The van der Waals surface area contributed by atoms with Crippen LogP contribution in [0, 0.1) is 0 Å². The highest BCUT2D eigenvalue weighted by Gasteiger charge is 2.11. The Hall–Kier alpha value is -2.33. The second kappa shape index (κ2) is 7.61. The van der Waals surface area contributed by atoms with Crippen LogP contribution in [-0.4, -0.2) is 18.5 Å². The molecular formula is C17H16ClNO3. The van der Waals surface area contributed by atoms with E-state index in [1.54, 1.807) is 24.3 Å². The molecule has 5 heteroatoms. The van der Waals surface area contributed by atoms with Crippen molar-refractivity contribution < 1.29 is 14.3 Å². The Bertz CT molecular complexity index is 668. The van der Waals surface area contributed by atoms with E-state index in [0.717, 1.165) is 17.7 Å². The van der Waals surface area contributed by atoms with E-state index in [2.05, 4.69) is 5.32 Å². The number of amides is 1. The highest BCUT2D eigenvalue weighted by atomic mass is 35.5. The lowest BCUT2D eigenvalue weighted by Crippen LogP contribution is -2.21. The number of carbonyl (C=O) groups excluding carboxylic acids is 2. The molecule has 1 amide bonds. The molecule has 0 saturated heterocycles. The Balaban J connectivity index is 1.90. The monoisotopic (exact) mass is 317 g/mol. The lowest BCUT2D eigenvalue weighted by molar-refractivity contribution is -0.119. The SMILES string of the molecule is CCc1ccccc1NC(=O)COC(=O)c1ccc(Cl)cc1. The Morgan fingerprint density at radius 2 is 1.77 bits per heavy atom. The van der Waals surface area contributed by atoms with Gasteiger partial charge in [0, 0.05) is 10.7 Å². The zero-order valence-corrected chi connectivity index (χ0v) is 12.9. The van der Waals surface area contributed by atoms with Crippen LogP contribution in [0.25, 0.3) is 0 Å². The maximum Gasteiger partial charge on any atom is 0.338 e. The number of carbonyl (C=O) groups is 2. The molecule has 0 radical (unpaired) electrons. The van der Waals surface area contributed by atoms with Crippen LogP contribution in [0.4, 0.5) is 5.69 Å². The molecule has 0 aliphatic heterocycles. The van der Waals surface area contributed by atoms with Crippen molar-refractivity contribution in [1.82, 2.24) is 0 Å². The number of halogens is 1. The van der Waals surface area contributed by atoms with Crippen LogP contribution in [0.15, 0.2) is 48.5 Å². The van der Waals surface area contributed by atoms with Crippen molar-refractivity contribution in [2.45, 2.75) is 13.3 Å². The molecule has 4 nitrogen and oxygen atoms in total. The van der Waals surface area contributed by atoms with Crippen LogP contribution in [0.2, 0.25) is 5.02 Å². The predicted octanol–water partition coefficient (Wildman–Crippen LogP) is 3.70. The van der Waals surface area contributed by atoms with Gasteiger partial charge < -0.3 is 10.1 Å². The summed E-state index contributed by atoms with van der Waals surface area (Å²) in [6.07, 6.45) is 0.807. The maximum absolute atomic E-state index is 11.9. The standard InChI is InChI=1S/C17H16ClNO3/c1-2-12-5-3-4-6-15(12)19-16(20)11-22-17(21)13-7-9-14(18)10-8-13/h3-10H,2,11H2,1H3,(H,19,20). The fourth-order valence-electron chi connectivity index (χ4n) is 1.94. The first kappa shape index (κ1) is 16.0. The van der Waals surface area contributed by atoms with Crippen LogP contribution in [0.5, 0.6) is 0 Å². The van der Waals surface area contributed by atoms with Crippen molar-refractivity contribution >= 4 is 29.2 Å². The normalized spacial score (nSPS) is 10.1. The number of esters is 1. The summed E-state index contributed by atoms with van der Waals surface area (Å²) in [7, 11) is 0. The molecule has 0 atom stereocenters. The molecule has 0 saturated carbocycles. The number of anilines is 1. The van der Waals surface area contributed by atoms with Crippen LogP contribution >= 0.6 is 11.6 Å². The lowest BCUT2D eigenvalue weighted by Gasteiger charge is -2.10. The third-order valence-corrected chi connectivity index (χ3v) is 3.34. The predicted molar refractivity (Wildman–Crippen MR) is 86.2 cm³/mol. The summed E-state index contributed by atoms with van der Waals surface area (Å²) in [4.78, 5) is 23.7. The first-order valence-electron chi connectivity index (χ1n) is 6.90. The fraction of sp³-hybridized carbons (Fsp3) is 0.176. The number of hydrogen-bond acceptors (Lipinski definition) is 3. The summed E-state index contributed by atoms with van der Waals surface area (Å²) >= 11 is 5.75. The molecule has 2 aromatic carbocycles. The van der Waals surface area contributed by atoms with E-state index in [1.807, 2.05) is 31.2 Å². The van der Waals surface area contributed by atoms with E-state index in [0.29, 0.717) is 10.6 Å². The minimum Gasteiger partial charge on any atom is -0.452 e. The molecule has 0 unspecified atom stereocenters. The summed E-state index contributed by atoms with van der Waals surface area (Å²) in [6, 6.07) is 13.8. The molecule has 0 aliphatic rings. The van der Waals surface area contributed by atoms with Crippen molar-refractivity contribution in [3.8, 4) is 0 Å². The van der Waals surface area contributed by atoms with Crippen molar-refractivity contribution in [3.05, 3.63) is 64.7 Å². The molecule has 2 aromatic rings. The summed E-state index contributed by atoms with van der Waals surface area (Å²) in [5, 5.41) is 3.27. The van der Waals surface area contributed by atoms with Gasteiger partial charge in [0.2, 0.25) is 0 Å². The van der Waals surface area contributed by atoms with Crippen molar-refractivity contribution in [1.29, 1.82) is 0 Å². The largest absolute Gasteiger partial charge is 0.452 e. The molecule has 1 N–H and O–H groups in total. The third-order valence-electron chi connectivity index (χ3n) is 3.09. The third kappa shape index (κ3) is 4.33. The topological polar surface area (TPSA) is 55.4 Å². The first-order chi connectivity index (χ1) is 10.6. The van der Waals surface area contributed by atoms with Gasteiger partial charge in [0.05, 0.1) is 5.56 Å². The first-order valence-corrected chi connectivity index (χ1v) is 7.28. The minimum absolute atomic E-state index is 0.334. The second-order valence-electron chi connectivity index (χ2n) is 4.64. The second-order valence-corrected chi connectivity index (χ2v) is 5.08. The summed E-state index contributed by atoms with van der Waals surface area (Å²) in [5.74, 6) is -0.932. The number of hydrogen-bond donors (Lipinski definition) is 1. The zero-order valence-electron chi connectivity index (χ0n) is 12.1. The maximum atomic E-state index is 11.9. The molecule has 0 fully saturated rings. The molecule has 0 aromatic heterocycles. The van der Waals surface area contributed by atoms with Gasteiger partial charge in [-0.05, 0) is 42.3 Å². The zero-order chi connectivity index (χ0) is 15.9. The van der Waals surface area contributed by atoms with E-state index >= 15 is 0 Å². The molecule has 0 spiro atoms. The van der Waals surface area contributed by atoms with Gasteiger partial charge in [0.1, 0.15) is 0 Å². The van der Waals surface area contributed by atoms with Crippen LogP contribution in [0.1, 0.15) is 22.8 Å². The van der Waals surface area contributed by atoms with E-state index in [9.17, 15) is 9.59 Å². The van der Waals surface area contributed by atoms with E-state index in [4.69, 9.17) is 16.3 Å². The summed E-state index contributed by atoms with van der Waals surface area (Å²) in [6.45, 7) is 1.67. The van der Waals surface area contributed by atoms with Gasteiger partial charge >= 0.3 is 5.97 Å². The van der Waals surface area contributed by atoms with Gasteiger partial charge in [-0.25, -0.2) is 4.79 Å². The Morgan fingerprint density at radius 3 is 2.45 bits per heavy atom. The Kier molecular flexibility index (Phi) is 5.55. The number of aryl methyl sites for hydroxylation is 1. The van der Waals surface area contributed by atoms with Gasteiger partial charge in [0.25, 0.3) is 5.91 Å². The quantitative estimate of drug-likeness (QED) is 0.855. The summed E-state index contributed by atoms with van der Waals surface area (Å²) < 4.78 is 4.98.